The second-order valence-electron chi connectivity index (χ2n) is 7.46. The summed E-state index contributed by atoms with van der Waals surface area (Å²) in [6.45, 7) is 5.54. The molecule has 1 N–H and O–H groups in total. The average molecular weight is 466 g/mol. The summed E-state index contributed by atoms with van der Waals surface area (Å²) < 4.78 is 41.7. The van der Waals surface area contributed by atoms with Crippen molar-refractivity contribution in [2.75, 3.05) is 15.9 Å². The van der Waals surface area contributed by atoms with Crippen LogP contribution in [0.5, 0.6) is 0 Å². The fourth-order valence-corrected chi connectivity index (χ4v) is 5.74. The van der Waals surface area contributed by atoms with Crippen LogP contribution < -0.4 is 14.5 Å². The molecule has 10 heteroatoms. The molecule has 0 aliphatic rings. The molecule has 0 aliphatic carbocycles. The quantitative estimate of drug-likeness (QED) is 0.572. The number of sulfonamides is 1. The number of hydrogen-bond acceptors (Lipinski definition) is 5. The standard InChI is InChI=1S/C21H24FN3O4S2/c1-5-17(25(31(4,28)29)16-9-6-14(22)7-10-16)20(26)23-15-8-11-18-19(12-15)30-21(27)24(18)13(2)3/h6-13,17H,5H2,1-4H3,(H,23,26)/t17-/m0/s1. The largest absolute Gasteiger partial charge is 0.324 e. The van der Waals surface area contributed by atoms with E-state index < -0.39 is 27.8 Å². The second-order valence-corrected chi connectivity index (χ2v) is 10.3. The van der Waals surface area contributed by atoms with Gasteiger partial charge in [0, 0.05) is 11.7 Å². The van der Waals surface area contributed by atoms with Gasteiger partial charge in [-0.2, -0.15) is 0 Å². The van der Waals surface area contributed by atoms with Crippen LogP contribution in [0.2, 0.25) is 0 Å². The molecule has 0 aliphatic heterocycles. The number of amides is 1. The second kappa shape index (κ2) is 8.80. The minimum atomic E-state index is -3.82. The first-order valence-corrected chi connectivity index (χ1v) is 12.4. The van der Waals surface area contributed by atoms with Crippen molar-refractivity contribution in [2.45, 2.75) is 39.3 Å². The SMILES string of the molecule is CC[C@@H](C(=O)Nc1ccc2c(c1)sc(=O)n2C(C)C)N(c1ccc(F)cc1)S(C)(=O)=O. The van der Waals surface area contributed by atoms with Crippen molar-refractivity contribution >= 4 is 48.9 Å². The highest BCUT2D eigenvalue weighted by atomic mass is 32.2. The van der Waals surface area contributed by atoms with Gasteiger partial charge in [0.2, 0.25) is 15.9 Å². The average Bonchev–Trinajstić information content (AvgIpc) is 3.01. The summed E-state index contributed by atoms with van der Waals surface area (Å²) in [7, 11) is -3.82. The number of carbonyl (C=O) groups excluding carboxylic acids is 1. The molecule has 0 fully saturated rings. The number of thiazole rings is 1. The van der Waals surface area contributed by atoms with Crippen molar-refractivity contribution in [3.63, 3.8) is 0 Å². The Hall–Kier alpha value is -2.72. The number of hydrogen-bond donors (Lipinski definition) is 1. The summed E-state index contributed by atoms with van der Waals surface area (Å²) in [5.41, 5.74) is 1.44. The summed E-state index contributed by atoms with van der Waals surface area (Å²) in [6, 6.07) is 9.06. The van der Waals surface area contributed by atoms with Crippen molar-refractivity contribution in [1.29, 1.82) is 0 Å². The monoisotopic (exact) mass is 465 g/mol. The highest BCUT2D eigenvalue weighted by Gasteiger charge is 2.31. The zero-order chi connectivity index (χ0) is 22.9. The number of halogens is 1. The molecule has 2 aromatic carbocycles. The number of rotatable bonds is 7. The predicted octanol–water partition coefficient (Wildman–Crippen LogP) is 3.97. The number of fused-ring (bicyclic) bond motifs is 1. The topological polar surface area (TPSA) is 88.5 Å². The number of nitrogens with zero attached hydrogens (tertiary/aromatic N) is 2. The Bertz CT molecular complexity index is 1260. The molecule has 3 rings (SSSR count). The number of aromatic nitrogens is 1. The molecule has 0 bridgehead atoms. The normalized spacial score (nSPS) is 12.8. The maximum Gasteiger partial charge on any atom is 0.308 e. The zero-order valence-corrected chi connectivity index (χ0v) is 19.3. The Kier molecular flexibility index (Phi) is 6.51. The van der Waals surface area contributed by atoms with Crippen LogP contribution in [0.4, 0.5) is 15.8 Å². The van der Waals surface area contributed by atoms with Crippen molar-refractivity contribution in [3.05, 3.63) is 57.9 Å². The van der Waals surface area contributed by atoms with Crippen LogP contribution in [-0.4, -0.2) is 31.2 Å². The maximum atomic E-state index is 13.3. The summed E-state index contributed by atoms with van der Waals surface area (Å²) in [4.78, 5) is 25.2. The van der Waals surface area contributed by atoms with E-state index in [1.165, 1.54) is 12.1 Å². The van der Waals surface area contributed by atoms with Gasteiger partial charge in [-0.1, -0.05) is 18.3 Å². The first kappa shape index (κ1) is 23.0. The van der Waals surface area contributed by atoms with E-state index in [0.717, 1.165) is 44.2 Å². The van der Waals surface area contributed by atoms with Crippen molar-refractivity contribution < 1.29 is 17.6 Å². The third-order valence-electron chi connectivity index (χ3n) is 4.81. The summed E-state index contributed by atoms with van der Waals surface area (Å²) in [6.07, 6.45) is 1.21. The molecule has 1 atom stereocenters. The lowest BCUT2D eigenvalue weighted by Gasteiger charge is -2.30. The third-order valence-corrected chi connectivity index (χ3v) is 6.91. The van der Waals surface area contributed by atoms with E-state index in [0.29, 0.717) is 5.69 Å². The third kappa shape index (κ3) is 4.80. The highest BCUT2D eigenvalue weighted by Crippen LogP contribution is 2.26. The van der Waals surface area contributed by atoms with Crippen LogP contribution in [0, 0.1) is 5.82 Å². The van der Waals surface area contributed by atoms with E-state index in [1.54, 1.807) is 29.7 Å². The van der Waals surface area contributed by atoms with Gasteiger partial charge in [0.05, 0.1) is 22.2 Å². The van der Waals surface area contributed by atoms with Crippen LogP contribution in [0.15, 0.2) is 47.3 Å². The van der Waals surface area contributed by atoms with E-state index >= 15 is 0 Å². The molecule has 0 spiro atoms. The molecule has 31 heavy (non-hydrogen) atoms. The minimum Gasteiger partial charge on any atom is -0.324 e. The van der Waals surface area contributed by atoms with Gasteiger partial charge in [0.25, 0.3) is 0 Å². The predicted molar refractivity (Wildman–Crippen MR) is 123 cm³/mol. The van der Waals surface area contributed by atoms with Gasteiger partial charge in [0.1, 0.15) is 11.9 Å². The van der Waals surface area contributed by atoms with Gasteiger partial charge in [-0.15, -0.1) is 0 Å². The molecule has 1 aromatic heterocycles. The Morgan fingerprint density at radius 3 is 2.39 bits per heavy atom. The molecular formula is C21H24FN3O4S2. The molecule has 7 nitrogen and oxygen atoms in total. The van der Waals surface area contributed by atoms with Crippen LogP contribution in [0.1, 0.15) is 33.2 Å². The molecule has 0 unspecified atom stereocenters. The van der Waals surface area contributed by atoms with Gasteiger partial charge in [-0.05, 0) is 62.7 Å². The number of benzene rings is 2. The Morgan fingerprint density at radius 2 is 1.84 bits per heavy atom. The van der Waals surface area contributed by atoms with E-state index in [1.807, 2.05) is 13.8 Å². The minimum absolute atomic E-state index is 0.00481. The van der Waals surface area contributed by atoms with E-state index in [-0.39, 0.29) is 23.0 Å². The molecular weight excluding hydrogens is 441 g/mol. The molecule has 1 amide bonds. The van der Waals surface area contributed by atoms with E-state index in [2.05, 4.69) is 5.32 Å². The molecule has 0 radical (unpaired) electrons. The van der Waals surface area contributed by atoms with Gasteiger partial charge in [-0.3, -0.25) is 18.5 Å². The van der Waals surface area contributed by atoms with Crippen molar-refractivity contribution in [2.24, 2.45) is 0 Å². The number of nitrogens with one attached hydrogen (secondary N) is 1. The summed E-state index contributed by atoms with van der Waals surface area (Å²) >= 11 is 1.09. The van der Waals surface area contributed by atoms with Crippen molar-refractivity contribution in [3.8, 4) is 0 Å². The zero-order valence-electron chi connectivity index (χ0n) is 17.6. The number of anilines is 2. The lowest BCUT2D eigenvalue weighted by Crippen LogP contribution is -2.47. The van der Waals surface area contributed by atoms with E-state index in [4.69, 9.17) is 0 Å². The fourth-order valence-electron chi connectivity index (χ4n) is 3.48. The molecule has 0 saturated carbocycles. The van der Waals surface area contributed by atoms with Crippen LogP contribution in [-0.2, 0) is 14.8 Å². The van der Waals surface area contributed by atoms with Crippen LogP contribution in [0.3, 0.4) is 0 Å². The highest BCUT2D eigenvalue weighted by molar-refractivity contribution is 7.92. The Labute approximate surface area is 184 Å². The van der Waals surface area contributed by atoms with Crippen LogP contribution in [0.25, 0.3) is 10.2 Å². The van der Waals surface area contributed by atoms with E-state index in [9.17, 15) is 22.4 Å². The lowest BCUT2D eigenvalue weighted by molar-refractivity contribution is -0.117. The molecule has 166 valence electrons. The molecule has 0 saturated heterocycles. The molecule has 3 aromatic rings. The van der Waals surface area contributed by atoms with Gasteiger partial charge >= 0.3 is 4.87 Å². The Balaban J connectivity index is 1.94. The van der Waals surface area contributed by atoms with Gasteiger partial charge in [0.15, 0.2) is 0 Å². The van der Waals surface area contributed by atoms with Gasteiger partial charge < -0.3 is 5.32 Å². The Morgan fingerprint density at radius 1 is 1.19 bits per heavy atom. The smallest absolute Gasteiger partial charge is 0.308 e. The number of carbonyl (C=O) groups is 1. The summed E-state index contributed by atoms with van der Waals surface area (Å²) in [5, 5.41) is 2.75. The molecule has 1 heterocycles. The fraction of sp³-hybridized carbons (Fsp3) is 0.333. The maximum absolute atomic E-state index is 13.3. The first-order valence-electron chi connectivity index (χ1n) is 9.73. The van der Waals surface area contributed by atoms with Crippen LogP contribution >= 0.6 is 11.3 Å². The van der Waals surface area contributed by atoms with Gasteiger partial charge in [-0.25, -0.2) is 12.8 Å². The first-order chi connectivity index (χ1) is 14.5. The summed E-state index contributed by atoms with van der Waals surface area (Å²) in [5.74, 6) is -1.03. The van der Waals surface area contributed by atoms with Crippen molar-refractivity contribution in [1.82, 2.24) is 4.57 Å². The lowest BCUT2D eigenvalue weighted by atomic mass is 10.1.